The van der Waals surface area contributed by atoms with Crippen LogP contribution in [0.2, 0.25) is 0 Å². The minimum atomic E-state index is -0.387. The molecule has 3 rings (SSSR count). The van der Waals surface area contributed by atoms with Gasteiger partial charge in [-0.15, -0.1) is 0 Å². The number of nitrogens with zero attached hydrogens (tertiary/aromatic N) is 1. The van der Waals surface area contributed by atoms with Crippen LogP contribution in [0.1, 0.15) is 30.1 Å². The van der Waals surface area contributed by atoms with Gasteiger partial charge in [0.2, 0.25) is 0 Å². The highest BCUT2D eigenvalue weighted by Crippen LogP contribution is 2.30. The average Bonchev–Trinajstić information content (AvgIpc) is 2.96. The Kier molecular flexibility index (Phi) is 4.14. The predicted molar refractivity (Wildman–Crippen MR) is 81.3 cm³/mol. The Morgan fingerprint density at radius 1 is 1.00 bits per heavy atom. The zero-order valence-corrected chi connectivity index (χ0v) is 11.7. The van der Waals surface area contributed by atoms with E-state index in [2.05, 4.69) is 29.2 Å². The summed E-state index contributed by atoms with van der Waals surface area (Å²) in [5.74, 6) is 0. The van der Waals surface area contributed by atoms with Gasteiger partial charge in [-0.25, -0.2) is 0 Å². The SMILES string of the molecule is O[C@H](c1ccccc1)[C@H]1CCCN1Cc1ccccc1. The van der Waals surface area contributed by atoms with Crippen molar-refractivity contribution in [2.24, 2.45) is 0 Å². The number of rotatable bonds is 4. The van der Waals surface area contributed by atoms with Crippen molar-refractivity contribution in [3.63, 3.8) is 0 Å². The van der Waals surface area contributed by atoms with Crippen LogP contribution in [0.25, 0.3) is 0 Å². The number of benzene rings is 2. The molecule has 0 amide bonds. The van der Waals surface area contributed by atoms with E-state index in [1.807, 2.05) is 36.4 Å². The van der Waals surface area contributed by atoms with Crippen molar-refractivity contribution < 1.29 is 5.11 Å². The molecule has 0 bridgehead atoms. The van der Waals surface area contributed by atoms with Crippen LogP contribution in [-0.4, -0.2) is 22.6 Å². The van der Waals surface area contributed by atoms with Crippen molar-refractivity contribution in [2.45, 2.75) is 31.5 Å². The van der Waals surface area contributed by atoms with Gasteiger partial charge in [-0.2, -0.15) is 0 Å². The van der Waals surface area contributed by atoms with Crippen molar-refractivity contribution in [1.29, 1.82) is 0 Å². The van der Waals surface area contributed by atoms with Crippen LogP contribution in [-0.2, 0) is 6.54 Å². The first kappa shape index (κ1) is 13.3. The van der Waals surface area contributed by atoms with E-state index in [-0.39, 0.29) is 12.1 Å². The molecule has 1 aliphatic rings. The van der Waals surface area contributed by atoms with E-state index < -0.39 is 0 Å². The van der Waals surface area contributed by atoms with Crippen LogP contribution in [0, 0.1) is 0 Å². The molecule has 1 fully saturated rings. The number of likely N-dealkylation sites (tertiary alicyclic amines) is 1. The summed E-state index contributed by atoms with van der Waals surface area (Å²) in [4.78, 5) is 2.41. The molecular formula is C18H21NO. The fourth-order valence-electron chi connectivity index (χ4n) is 3.10. The van der Waals surface area contributed by atoms with Crippen LogP contribution in [0.5, 0.6) is 0 Å². The Hall–Kier alpha value is -1.64. The van der Waals surface area contributed by atoms with Crippen molar-refractivity contribution in [3.8, 4) is 0 Å². The lowest BCUT2D eigenvalue weighted by Crippen LogP contribution is -2.34. The summed E-state index contributed by atoms with van der Waals surface area (Å²) in [6.45, 7) is 2.00. The first-order valence-corrected chi connectivity index (χ1v) is 7.35. The first-order valence-electron chi connectivity index (χ1n) is 7.35. The van der Waals surface area contributed by atoms with Crippen LogP contribution < -0.4 is 0 Å². The molecule has 2 aromatic rings. The Morgan fingerprint density at radius 2 is 1.65 bits per heavy atom. The van der Waals surface area contributed by atoms with Gasteiger partial charge in [0.15, 0.2) is 0 Å². The van der Waals surface area contributed by atoms with E-state index >= 15 is 0 Å². The molecule has 104 valence electrons. The second-order valence-electron chi connectivity index (χ2n) is 5.52. The van der Waals surface area contributed by atoms with Gasteiger partial charge < -0.3 is 5.11 Å². The number of aliphatic hydroxyl groups is 1. The summed E-state index contributed by atoms with van der Waals surface area (Å²) in [6.07, 6.45) is 1.85. The third-order valence-corrected chi connectivity index (χ3v) is 4.15. The Morgan fingerprint density at radius 3 is 2.35 bits per heavy atom. The van der Waals surface area contributed by atoms with Gasteiger partial charge in [0.1, 0.15) is 0 Å². The van der Waals surface area contributed by atoms with Gasteiger partial charge in [0, 0.05) is 12.6 Å². The molecule has 2 aromatic carbocycles. The third-order valence-electron chi connectivity index (χ3n) is 4.15. The fourth-order valence-corrected chi connectivity index (χ4v) is 3.10. The maximum atomic E-state index is 10.6. The molecule has 0 aliphatic carbocycles. The molecule has 2 heteroatoms. The van der Waals surface area contributed by atoms with Gasteiger partial charge in [-0.1, -0.05) is 60.7 Å². The molecule has 0 aromatic heterocycles. The van der Waals surface area contributed by atoms with Crippen molar-refractivity contribution in [3.05, 3.63) is 71.8 Å². The lowest BCUT2D eigenvalue weighted by molar-refractivity contribution is 0.0688. The van der Waals surface area contributed by atoms with Gasteiger partial charge in [-0.3, -0.25) is 4.90 Å². The third kappa shape index (κ3) is 2.92. The Labute approximate surface area is 120 Å². The van der Waals surface area contributed by atoms with Crippen molar-refractivity contribution >= 4 is 0 Å². The second-order valence-corrected chi connectivity index (χ2v) is 5.52. The zero-order chi connectivity index (χ0) is 13.8. The van der Waals surface area contributed by atoms with Crippen LogP contribution in [0.15, 0.2) is 60.7 Å². The molecule has 0 unspecified atom stereocenters. The molecule has 0 radical (unpaired) electrons. The van der Waals surface area contributed by atoms with E-state index in [4.69, 9.17) is 0 Å². The summed E-state index contributed by atoms with van der Waals surface area (Å²) >= 11 is 0. The second kappa shape index (κ2) is 6.21. The molecule has 1 heterocycles. The standard InChI is InChI=1S/C18H21NO/c20-18(16-10-5-2-6-11-16)17-12-7-13-19(17)14-15-8-3-1-4-9-15/h1-6,8-11,17-18,20H,7,12-14H2/t17-,18-/m1/s1. The van der Waals surface area contributed by atoms with Crippen LogP contribution in [0.4, 0.5) is 0 Å². The van der Waals surface area contributed by atoms with E-state index in [9.17, 15) is 5.11 Å². The number of aliphatic hydroxyl groups excluding tert-OH is 1. The van der Waals surface area contributed by atoms with E-state index in [0.717, 1.165) is 25.1 Å². The Bertz CT molecular complexity index is 526. The smallest absolute Gasteiger partial charge is 0.0945 e. The monoisotopic (exact) mass is 267 g/mol. The normalized spacial score (nSPS) is 20.9. The molecule has 1 N–H and O–H groups in total. The predicted octanol–water partition coefficient (Wildman–Crippen LogP) is 3.38. The van der Waals surface area contributed by atoms with Crippen molar-refractivity contribution in [1.82, 2.24) is 4.90 Å². The molecule has 1 aliphatic heterocycles. The molecule has 2 nitrogen and oxygen atoms in total. The highest BCUT2D eigenvalue weighted by molar-refractivity contribution is 5.20. The Balaban J connectivity index is 1.72. The van der Waals surface area contributed by atoms with Crippen LogP contribution in [0.3, 0.4) is 0 Å². The number of hydrogen-bond donors (Lipinski definition) is 1. The zero-order valence-electron chi connectivity index (χ0n) is 11.7. The van der Waals surface area contributed by atoms with E-state index in [1.165, 1.54) is 12.0 Å². The molecule has 1 saturated heterocycles. The summed E-state index contributed by atoms with van der Waals surface area (Å²) in [6, 6.07) is 20.8. The first-order chi connectivity index (χ1) is 9.84. The average molecular weight is 267 g/mol. The van der Waals surface area contributed by atoms with Gasteiger partial charge >= 0.3 is 0 Å². The lowest BCUT2D eigenvalue weighted by Gasteiger charge is -2.29. The van der Waals surface area contributed by atoms with Crippen LogP contribution >= 0.6 is 0 Å². The summed E-state index contributed by atoms with van der Waals surface area (Å²) in [5.41, 5.74) is 2.34. The van der Waals surface area contributed by atoms with E-state index in [1.54, 1.807) is 0 Å². The molecule has 20 heavy (non-hydrogen) atoms. The fraction of sp³-hybridized carbons (Fsp3) is 0.333. The van der Waals surface area contributed by atoms with Gasteiger partial charge in [0.25, 0.3) is 0 Å². The van der Waals surface area contributed by atoms with Crippen molar-refractivity contribution in [2.75, 3.05) is 6.54 Å². The molecular weight excluding hydrogens is 246 g/mol. The van der Waals surface area contributed by atoms with Gasteiger partial charge in [0.05, 0.1) is 6.10 Å². The quantitative estimate of drug-likeness (QED) is 0.918. The highest BCUT2D eigenvalue weighted by atomic mass is 16.3. The summed E-state index contributed by atoms with van der Waals surface area (Å²) < 4.78 is 0. The summed E-state index contributed by atoms with van der Waals surface area (Å²) in [7, 11) is 0. The topological polar surface area (TPSA) is 23.5 Å². The van der Waals surface area contributed by atoms with Gasteiger partial charge in [-0.05, 0) is 30.5 Å². The molecule has 0 spiro atoms. The minimum absolute atomic E-state index is 0.234. The maximum Gasteiger partial charge on any atom is 0.0945 e. The minimum Gasteiger partial charge on any atom is -0.387 e. The largest absolute Gasteiger partial charge is 0.387 e. The maximum absolute atomic E-state index is 10.6. The molecule has 2 atom stereocenters. The summed E-state index contributed by atoms with van der Waals surface area (Å²) in [5, 5.41) is 10.6. The highest BCUT2D eigenvalue weighted by Gasteiger charge is 2.31. The number of hydrogen-bond acceptors (Lipinski definition) is 2. The van der Waals surface area contributed by atoms with E-state index in [0.29, 0.717) is 0 Å². The molecule has 0 saturated carbocycles. The lowest BCUT2D eigenvalue weighted by atomic mass is 10.00.